The molecule has 0 N–H and O–H groups in total. The number of amides is 1. The molecule has 2 aliphatic rings. The van der Waals surface area contributed by atoms with Crippen LogP contribution in [0.2, 0.25) is 0 Å². The van der Waals surface area contributed by atoms with Crippen LogP contribution in [0.3, 0.4) is 0 Å². The van der Waals surface area contributed by atoms with Gasteiger partial charge in [-0.25, -0.2) is 13.4 Å². The van der Waals surface area contributed by atoms with E-state index < -0.39 is 10.0 Å². The highest BCUT2D eigenvalue weighted by atomic mass is 32.2. The van der Waals surface area contributed by atoms with Crippen LogP contribution in [-0.4, -0.2) is 67.9 Å². The fraction of sp³-hybridized carbons (Fsp3) is 0.524. The van der Waals surface area contributed by atoms with Gasteiger partial charge in [-0.3, -0.25) is 4.79 Å². The molecule has 1 amide bonds. The van der Waals surface area contributed by atoms with E-state index in [9.17, 15) is 13.2 Å². The zero-order chi connectivity index (χ0) is 21.0. The summed E-state index contributed by atoms with van der Waals surface area (Å²) < 4.78 is 32.7. The Labute approximate surface area is 181 Å². The van der Waals surface area contributed by atoms with Crippen LogP contribution in [0.15, 0.2) is 34.5 Å². The maximum Gasteiger partial charge on any atom is 0.243 e. The molecule has 2 aromatic rings. The first-order valence-electron chi connectivity index (χ1n) is 10.4. The number of rotatable bonds is 5. The second-order valence-electron chi connectivity index (χ2n) is 7.64. The number of carbonyl (C=O) groups excluding carboxylic acids is 1. The van der Waals surface area contributed by atoms with Gasteiger partial charge in [-0.05, 0) is 25.0 Å². The quantitative estimate of drug-likeness (QED) is 0.701. The summed E-state index contributed by atoms with van der Waals surface area (Å²) in [5.74, 6) is 0.0677. The van der Waals surface area contributed by atoms with Crippen molar-refractivity contribution in [1.29, 1.82) is 0 Å². The van der Waals surface area contributed by atoms with Gasteiger partial charge in [-0.1, -0.05) is 25.0 Å². The summed E-state index contributed by atoms with van der Waals surface area (Å²) >= 11 is 1.46. The second-order valence-corrected chi connectivity index (χ2v) is 10.5. The van der Waals surface area contributed by atoms with Crippen LogP contribution in [0.5, 0.6) is 0 Å². The smallest absolute Gasteiger partial charge is 0.243 e. The number of ether oxygens (including phenoxy) is 1. The molecule has 0 aliphatic carbocycles. The SMILES string of the molecule is O=C(Cc1nc(-c2ccc(S(=O)(=O)N3CCCCCC3)cc2)cs1)N1CCOCC1. The molecule has 9 heteroatoms. The minimum Gasteiger partial charge on any atom is -0.378 e. The summed E-state index contributed by atoms with van der Waals surface area (Å²) in [5, 5.41) is 2.68. The molecule has 1 aromatic heterocycles. The molecule has 0 unspecified atom stereocenters. The summed E-state index contributed by atoms with van der Waals surface area (Å²) in [7, 11) is -3.45. The lowest BCUT2D eigenvalue weighted by atomic mass is 10.2. The summed E-state index contributed by atoms with van der Waals surface area (Å²) in [6, 6.07) is 6.92. The van der Waals surface area contributed by atoms with Gasteiger partial charge in [-0.2, -0.15) is 4.31 Å². The van der Waals surface area contributed by atoms with Crippen molar-refractivity contribution >= 4 is 27.3 Å². The Morgan fingerprint density at radius 3 is 2.33 bits per heavy atom. The summed E-state index contributed by atoms with van der Waals surface area (Å²) in [4.78, 5) is 19.1. The van der Waals surface area contributed by atoms with E-state index in [1.807, 2.05) is 10.3 Å². The standard InChI is InChI=1S/C21H27N3O4S2/c25-21(23-11-13-28-14-12-23)15-20-22-19(16-29-20)17-5-7-18(8-6-17)30(26,27)24-9-3-1-2-4-10-24/h5-8,16H,1-4,9-15H2. The van der Waals surface area contributed by atoms with Gasteiger partial charge in [0.1, 0.15) is 5.01 Å². The van der Waals surface area contributed by atoms with Crippen LogP contribution in [-0.2, 0) is 26.0 Å². The normalized spacial score (nSPS) is 18.9. The second kappa shape index (κ2) is 9.55. The predicted molar refractivity (Wildman–Crippen MR) is 116 cm³/mol. The average Bonchev–Trinajstić information content (AvgIpc) is 3.05. The van der Waals surface area contributed by atoms with Gasteiger partial charge in [0.25, 0.3) is 0 Å². The molecule has 0 atom stereocenters. The molecule has 2 saturated heterocycles. The zero-order valence-electron chi connectivity index (χ0n) is 17.0. The fourth-order valence-corrected chi connectivity index (χ4v) is 6.12. The predicted octanol–water partition coefficient (Wildman–Crippen LogP) is 2.78. The average molecular weight is 450 g/mol. The van der Waals surface area contributed by atoms with Gasteiger partial charge < -0.3 is 9.64 Å². The lowest BCUT2D eigenvalue weighted by molar-refractivity contribution is -0.134. The summed E-state index contributed by atoms with van der Waals surface area (Å²) in [6.45, 7) is 3.62. The molecule has 0 radical (unpaired) electrons. The highest BCUT2D eigenvalue weighted by Gasteiger charge is 2.25. The van der Waals surface area contributed by atoms with Gasteiger partial charge in [0.05, 0.1) is 30.2 Å². The topological polar surface area (TPSA) is 79.8 Å². The van der Waals surface area contributed by atoms with Crippen molar-refractivity contribution in [2.75, 3.05) is 39.4 Å². The minimum atomic E-state index is -3.45. The maximum atomic E-state index is 12.9. The van der Waals surface area contributed by atoms with Crippen molar-refractivity contribution in [3.8, 4) is 11.3 Å². The monoisotopic (exact) mass is 449 g/mol. The molecule has 1 aromatic carbocycles. The number of benzene rings is 1. The molecule has 162 valence electrons. The van der Waals surface area contributed by atoms with Crippen LogP contribution in [0.25, 0.3) is 11.3 Å². The van der Waals surface area contributed by atoms with E-state index in [2.05, 4.69) is 4.98 Å². The number of carbonyl (C=O) groups is 1. The number of aromatic nitrogens is 1. The molecular weight excluding hydrogens is 422 g/mol. The molecule has 2 fully saturated rings. The van der Waals surface area contributed by atoms with Crippen LogP contribution in [0, 0.1) is 0 Å². The van der Waals surface area contributed by atoms with Crippen LogP contribution in [0.4, 0.5) is 0 Å². The summed E-state index contributed by atoms with van der Waals surface area (Å²) in [5.41, 5.74) is 1.62. The Morgan fingerprint density at radius 2 is 1.67 bits per heavy atom. The van der Waals surface area contributed by atoms with Crippen molar-refractivity contribution in [3.05, 3.63) is 34.7 Å². The van der Waals surface area contributed by atoms with Gasteiger partial charge in [0, 0.05) is 37.1 Å². The number of morpholine rings is 1. The third-order valence-corrected chi connectivity index (χ3v) is 8.33. The van der Waals surface area contributed by atoms with Crippen LogP contribution < -0.4 is 0 Å². The first-order chi connectivity index (χ1) is 14.5. The van der Waals surface area contributed by atoms with Crippen molar-refractivity contribution in [2.24, 2.45) is 0 Å². The first kappa shape index (κ1) is 21.4. The Hall–Kier alpha value is -1.81. The molecule has 3 heterocycles. The van der Waals surface area contributed by atoms with E-state index in [4.69, 9.17) is 4.74 Å². The number of sulfonamides is 1. The largest absolute Gasteiger partial charge is 0.378 e. The fourth-order valence-electron chi connectivity index (χ4n) is 3.81. The van der Waals surface area contributed by atoms with E-state index >= 15 is 0 Å². The molecule has 4 rings (SSSR count). The molecule has 30 heavy (non-hydrogen) atoms. The van der Waals surface area contributed by atoms with Crippen molar-refractivity contribution in [1.82, 2.24) is 14.2 Å². The lowest BCUT2D eigenvalue weighted by Gasteiger charge is -2.26. The Morgan fingerprint density at radius 1 is 1.00 bits per heavy atom. The molecule has 2 aliphatic heterocycles. The van der Waals surface area contributed by atoms with Gasteiger partial charge >= 0.3 is 0 Å². The molecule has 7 nitrogen and oxygen atoms in total. The van der Waals surface area contributed by atoms with Crippen molar-refractivity contribution < 1.29 is 17.9 Å². The third-order valence-electron chi connectivity index (χ3n) is 5.57. The van der Waals surface area contributed by atoms with E-state index in [-0.39, 0.29) is 12.3 Å². The number of nitrogens with zero attached hydrogens (tertiary/aromatic N) is 3. The highest BCUT2D eigenvalue weighted by Crippen LogP contribution is 2.26. The number of hydrogen-bond donors (Lipinski definition) is 0. The maximum absolute atomic E-state index is 12.9. The van der Waals surface area contributed by atoms with E-state index in [1.54, 1.807) is 28.6 Å². The molecule has 0 saturated carbocycles. The van der Waals surface area contributed by atoms with E-state index in [0.29, 0.717) is 44.3 Å². The van der Waals surface area contributed by atoms with Crippen LogP contribution in [0.1, 0.15) is 30.7 Å². The van der Waals surface area contributed by atoms with Gasteiger partial charge in [0.15, 0.2) is 0 Å². The summed E-state index contributed by atoms with van der Waals surface area (Å²) in [6.07, 6.45) is 4.30. The Balaban J connectivity index is 1.43. The third kappa shape index (κ3) is 4.91. The Kier molecular flexibility index (Phi) is 6.82. The first-order valence-corrected chi connectivity index (χ1v) is 12.8. The Bertz CT molecular complexity index is 958. The van der Waals surface area contributed by atoms with E-state index in [1.165, 1.54) is 11.3 Å². The highest BCUT2D eigenvalue weighted by molar-refractivity contribution is 7.89. The minimum absolute atomic E-state index is 0.0677. The lowest BCUT2D eigenvalue weighted by Crippen LogP contribution is -2.41. The van der Waals surface area contributed by atoms with Crippen molar-refractivity contribution in [2.45, 2.75) is 37.0 Å². The molecule has 0 bridgehead atoms. The molecular formula is C21H27N3O4S2. The van der Waals surface area contributed by atoms with Gasteiger partial charge in [-0.15, -0.1) is 11.3 Å². The molecule has 0 spiro atoms. The number of hydrogen-bond acceptors (Lipinski definition) is 6. The van der Waals surface area contributed by atoms with Crippen molar-refractivity contribution in [3.63, 3.8) is 0 Å². The van der Waals surface area contributed by atoms with Crippen LogP contribution >= 0.6 is 11.3 Å². The zero-order valence-corrected chi connectivity index (χ0v) is 18.6. The van der Waals surface area contributed by atoms with Gasteiger partial charge in [0.2, 0.25) is 15.9 Å². The number of thiazole rings is 1. The van der Waals surface area contributed by atoms with E-state index in [0.717, 1.165) is 41.9 Å².